The van der Waals surface area contributed by atoms with Crippen LogP contribution in [0.5, 0.6) is 11.5 Å². The van der Waals surface area contributed by atoms with Crippen LogP contribution in [-0.2, 0) is 25.2 Å². The third-order valence-corrected chi connectivity index (χ3v) is 15.3. The number of halogens is 1. The number of H-pyrrole nitrogens is 1. The quantitative estimate of drug-likeness (QED) is 0.0937. The summed E-state index contributed by atoms with van der Waals surface area (Å²) in [4.78, 5) is 28.1. The van der Waals surface area contributed by atoms with Crippen molar-refractivity contribution in [3.63, 3.8) is 0 Å². The van der Waals surface area contributed by atoms with E-state index in [1.165, 1.54) is 4.57 Å². The number of nitrogens with zero attached hydrogens (tertiary/aromatic N) is 1. The molecule has 1 fully saturated rings. The van der Waals surface area contributed by atoms with E-state index in [2.05, 4.69) is 66.9 Å². The van der Waals surface area contributed by atoms with E-state index < -0.39 is 43.1 Å². The average Bonchev–Trinajstić information content (AvgIpc) is 3.44. The van der Waals surface area contributed by atoms with Crippen LogP contribution in [0.4, 0.5) is 0 Å². The average molecular weight is 752 g/mol. The predicted octanol–water partition coefficient (Wildman–Crippen LogP) is 7.10. The van der Waals surface area contributed by atoms with Crippen molar-refractivity contribution in [1.82, 2.24) is 9.55 Å². The van der Waals surface area contributed by atoms with Crippen LogP contribution in [0.1, 0.15) is 49.4 Å². The van der Waals surface area contributed by atoms with Crippen molar-refractivity contribution < 1.29 is 23.4 Å². The van der Waals surface area contributed by atoms with Gasteiger partial charge in [0, 0.05) is 18.2 Å². The Hall–Kier alpha value is -3.48. The Kier molecular flexibility index (Phi) is 10.8. The summed E-state index contributed by atoms with van der Waals surface area (Å²) in [7, 11) is 0.954. The highest BCUT2D eigenvalue weighted by Crippen LogP contribution is 2.46. The molecule has 0 aliphatic carbocycles. The number of aromatic nitrogens is 2. The molecule has 1 unspecified atom stereocenters. The molecule has 262 valence electrons. The standard InChI is InChI=1S/C38H47BrN2O7Si/c1-26-23-41(35(43)40-34(26)42)37(25-39)22-32(48-49(7,8)36(2,3)4)33(47-37)24-46-38(27-12-10-9-11-13-27,28-14-18-30(44-5)19-15-28)29-16-20-31(45-6)21-17-29/h9-21,23,32-33H,22,24-25H2,1-8H3,(H,40,42,43)/t32?,33-,37+/m1/s1. The van der Waals surface area contributed by atoms with Gasteiger partial charge in [0.05, 0.1) is 32.3 Å². The lowest BCUT2D eigenvalue weighted by Gasteiger charge is -2.40. The summed E-state index contributed by atoms with van der Waals surface area (Å²) in [5, 5.41) is 0.212. The topological polar surface area (TPSA) is 101 Å². The SMILES string of the molecule is COc1ccc(C(OC[C@H]2O[C@@](CBr)(n3cc(C)c(=O)[nH]c3=O)CC2O[Si](C)(C)C(C)(C)C)(c2ccccc2)c2ccc(OC)cc2)cc1. The molecule has 0 bridgehead atoms. The Bertz CT molecular complexity index is 1790. The molecule has 0 spiro atoms. The third kappa shape index (κ3) is 7.23. The highest BCUT2D eigenvalue weighted by molar-refractivity contribution is 9.09. The van der Waals surface area contributed by atoms with Gasteiger partial charge in [-0.2, -0.15) is 0 Å². The maximum absolute atomic E-state index is 13.3. The van der Waals surface area contributed by atoms with Crippen LogP contribution in [0, 0.1) is 6.92 Å². The number of alkyl halides is 1. The highest BCUT2D eigenvalue weighted by Gasteiger charge is 2.53. The summed E-state index contributed by atoms with van der Waals surface area (Å²) in [6, 6.07) is 25.8. The molecule has 3 aromatic carbocycles. The molecule has 4 aromatic rings. The number of rotatable bonds is 12. The van der Waals surface area contributed by atoms with E-state index in [-0.39, 0.29) is 11.6 Å². The number of nitrogens with one attached hydrogen (secondary N) is 1. The Balaban J connectivity index is 1.65. The highest BCUT2D eigenvalue weighted by atomic mass is 79.9. The second-order valence-corrected chi connectivity index (χ2v) is 19.4. The molecule has 1 N–H and O–H groups in total. The van der Waals surface area contributed by atoms with Crippen molar-refractivity contribution in [3.8, 4) is 11.5 Å². The number of ether oxygens (including phenoxy) is 4. The van der Waals surface area contributed by atoms with E-state index in [0.29, 0.717) is 17.3 Å². The minimum atomic E-state index is -2.33. The molecule has 0 amide bonds. The lowest BCUT2D eigenvalue weighted by molar-refractivity contribution is -0.129. The second-order valence-electron chi connectivity index (χ2n) is 14.1. The maximum atomic E-state index is 13.3. The fourth-order valence-electron chi connectivity index (χ4n) is 6.12. The van der Waals surface area contributed by atoms with Crippen molar-refractivity contribution in [2.75, 3.05) is 26.2 Å². The summed E-state index contributed by atoms with van der Waals surface area (Å²) < 4.78 is 33.8. The van der Waals surface area contributed by atoms with E-state index in [9.17, 15) is 9.59 Å². The Morgan fingerprint density at radius 3 is 1.92 bits per heavy atom. The molecule has 0 saturated carbocycles. The molecule has 9 nitrogen and oxygen atoms in total. The van der Waals surface area contributed by atoms with Crippen LogP contribution >= 0.6 is 15.9 Å². The molecule has 49 heavy (non-hydrogen) atoms. The summed E-state index contributed by atoms with van der Waals surface area (Å²) in [6.45, 7) is 12.8. The maximum Gasteiger partial charge on any atom is 0.330 e. The molecule has 2 heterocycles. The molecule has 0 radical (unpaired) electrons. The van der Waals surface area contributed by atoms with Crippen molar-refractivity contribution in [2.24, 2.45) is 0 Å². The van der Waals surface area contributed by atoms with Crippen LogP contribution in [0.2, 0.25) is 18.1 Å². The van der Waals surface area contributed by atoms with E-state index in [0.717, 1.165) is 28.2 Å². The van der Waals surface area contributed by atoms with Gasteiger partial charge in [0.2, 0.25) is 0 Å². The van der Waals surface area contributed by atoms with Gasteiger partial charge in [-0.1, -0.05) is 91.3 Å². The fourth-order valence-corrected chi connectivity index (χ4v) is 8.10. The zero-order chi connectivity index (χ0) is 35.6. The second kappa shape index (κ2) is 14.4. The van der Waals surface area contributed by atoms with E-state index in [1.54, 1.807) is 27.3 Å². The minimum absolute atomic E-state index is 0.0799. The zero-order valence-electron chi connectivity index (χ0n) is 29.5. The summed E-state index contributed by atoms with van der Waals surface area (Å²) >= 11 is 3.66. The molecule has 1 aliphatic heterocycles. The normalized spacial score (nSPS) is 19.9. The van der Waals surface area contributed by atoms with E-state index in [1.807, 2.05) is 66.7 Å². The lowest BCUT2D eigenvalue weighted by atomic mass is 9.80. The fraction of sp³-hybridized carbons (Fsp3) is 0.421. The first kappa shape index (κ1) is 36.8. The number of hydrogen-bond donors (Lipinski definition) is 1. The first-order valence-electron chi connectivity index (χ1n) is 16.4. The van der Waals surface area contributed by atoms with Gasteiger partial charge in [-0.3, -0.25) is 14.3 Å². The van der Waals surface area contributed by atoms with E-state index >= 15 is 0 Å². The largest absolute Gasteiger partial charge is 0.497 e. The summed E-state index contributed by atoms with van der Waals surface area (Å²) in [5.74, 6) is 1.46. The van der Waals surface area contributed by atoms with Gasteiger partial charge in [-0.05, 0) is 66.0 Å². The molecular weight excluding hydrogens is 704 g/mol. The minimum Gasteiger partial charge on any atom is -0.497 e. The van der Waals surface area contributed by atoms with Crippen LogP contribution in [0.15, 0.2) is 94.6 Å². The number of aryl methyl sites for hydroxylation is 1. The van der Waals surface area contributed by atoms with Crippen molar-refractivity contribution in [1.29, 1.82) is 0 Å². The Morgan fingerprint density at radius 2 is 1.43 bits per heavy atom. The van der Waals surface area contributed by atoms with Gasteiger partial charge in [0.15, 0.2) is 14.0 Å². The predicted molar refractivity (Wildman–Crippen MR) is 198 cm³/mol. The van der Waals surface area contributed by atoms with Gasteiger partial charge in [-0.25, -0.2) is 4.79 Å². The van der Waals surface area contributed by atoms with Crippen molar-refractivity contribution >= 4 is 24.2 Å². The first-order chi connectivity index (χ1) is 23.2. The number of benzene rings is 3. The Morgan fingerprint density at radius 1 is 0.898 bits per heavy atom. The van der Waals surface area contributed by atoms with Crippen LogP contribution in [0.3, 0.4) is 0 Å². The molecular formula is C38H47BrN2O7Si. The smallest absolute Gasteiger partial charge is 0.330 e. The van der Waals surface area contributed by atoms with Crippen molar-refractivity contribution in [3.05, 3.63) is 128 Å². The monoisotopic (exact) mass is 750 g/mol. The molecule has 1 aromatic heterocycles. The van der Waals surface area contributed by atoms with Gasteiger partial charge in [0.1, 0.15) is 23.2 Å². The third-order valence-electron chi connectivity index (χ3n) is 9.96. The first-order valence-corrected chi connectivity index (χ1v) is 20.5. The Labute approximate surface area is 297 Å². The molecule has 11 heteroatoms. The summed E-state index contributed by atoms with van der Waals surface area (Å²) in [5.41, 5.74) is -0.0649. The van der Waals surface area contributed by atoms with Gasteiger partial charge in [-0.15, -0.1) is 0 Å². The number of aromatic amines is 1. The van der Waals surface area contributed by atoms with E-state index in [4.69, 9.17) is 23.4 Å². The number of methoxy groups -OCH3 is 2. The van der Waals surface area contributed by atoms with Crippen molar-refractivity contribution in [2.45, 2.75) is 75.8 Å². The zero-order valence-corrected chi connectivity index (χ0v) is 32.1. The van der Waals surface area contributed by atoms with Gasteiger partial charge >= 0.3 is 5.69 Å². The van der Waals surface area contributed by atoms with Crippen LogP contribution in [-0.4, -0.2) is 56.2 Å². The van der Waals surface area contributed by atoms with Crippen LogP contribution in [0.25, 0.3) is 0 Å². The van der Waals surface area contributed by atoms with Crippen LogP contribution < -0.4 is 20.7 Å². The molecule has 1 saturated heterocycles. The molecule has 5 rings (SSSR count). The summed E-state index contributed by atoms with van der Waals surface area (Å²) in [6.07, 6.45) is 0.939. The van der Waals surface area contributed by atoms with Gasteiger partial charge < -0.3 is 23.4 Å². The lowest BCUT2D eigenvalue weighted by Crippen LogP contribution is -2.47. The van der Waals surface area contributed by atoms with Gasteiger partial charge in [0.25, 0.3) is 5.56 Å². The number of hydrogen-bond acceptors (Lipinski definition) is 7. The molecule has 3 atom stereocenters. The molecule has 1 aliphatic rings.